The van der Waals surface area contributed by atoms with E-state index in [9.17, 15) is 0 Å². The van der Waals surface area contributed by atoms with E-state index in [1.807, 2.05) is 0 Å². The zero-order valence-corrected chi connectivity index (χ0v) is 17.8. The monoisotopic (exact) mass is 417 g/mol. The molecule has 0 aliphatic heterocycles. The molecule has 30 heavy (non-hydrogen) atoms. The van der Waals surface area contributed by atoms with Crippen LogP contribution in [0.2, 0.25) is 0 Å². The van der Waals surface area contributed by atoms with E-state index in [0.717, 1.165) is 31.9 Å². The molecule has 0 spiro atoms. The van der Waals surface area contributed by atoms with Crippen molar-refractivity contribution in [2.75, 3.05) is 33.4 Å². The smallest absolute Gasteiger partial charge is 0.414 e. The molecule has 0 bridgehead atoms. The van der Waals surface area contributed by atoms with E-state index in [1.165, 1.54) is 11.1 Å². The van der Waals surface area contributed by atoms with Gasteiger partial charge >= 0.3 is 11.9 Å². The van der Waals surface area contributed by atoms with Gasteiger partial charge in [0.1, 0.15) is 12.4 Å². The van der Waals surface area contributed by atoms with E-state index in [1.54, 1.807) is 7.11 Å². The van der Waals surface area contributed by atoms with E-state index in [-0.39, 0.29) is 5.41 Å². The van der Waals surface area contributed by atoms with Crippen LogP contribution in [0.4, 0.5) is 0 Å². The highest BCUT2D eigenvalue weighted by Gasteiger charge is 2.22. The Balaban J connectivity index is 0.000000656. The topological polar surface area (TPSA) is 105 Å². The van der Waals surface area contributed by atoms with Gasteiger partial charge in [-0.2, -0.15) is 0 Å². The number of nitrogens with one attached hydrogen (secondary N) is 1. The summed E-state index contributed by atoms with van der Waals surface area (Å²) in [6.07, 6.45) is 1.03. The van der Waals surface area contributed by atoms with Crippen molar-refractivity contribution in [1.82, 2.24) is 5.32 Å². The summed E-state index contributed by atoms with van der Waals surface area (Å²) in [5.74, 6) is -2.73. The highest BCUT2D eigenvalue weighted by Crippen LogP contribution is 2.32. The van der Waals surface area contributed by atoms with Gasteiger partial charge < -0.3 is 25.0 Å². The van der Waals surface area contributed by atoms with E-state index in [2.05, 4.69) is 73.8 Å². The van der Waals surface area contributed by atoms with Gasteiger partial charge in [-0.25, -0.2) is 9.59 Å². The fraction of sp³-hybridized carbons (Fsp3) is 0.391. The quantitative estimate of drug-likeness (QED) is 0.403. The molecule has 0 heterocycles. The first-order valence-corrected chi connectivity index (χ1v) is 9.73. The van der Waals surface area contributed by atoms with Crippen LogP contribution < -0.4 is 10.1 Å². The summed E-state index contributed by atoms with van der Waals surface area (Å²) in [7, 11) is 1.73. The molecule has 0 aliphatic rings. The molecule has 164 valence electrons. The van der Waals surface area contributed by atoms with Crippen molar-refractivity contribution in [2.24, 2.45) is 0 Å². The maximum Gasteiger partial charge on any atom is 0.414 e. The number of methoxy groups -OCH3 is 1. The van der Waals surface area contributed by atoms with E-state index in [4.69, 9.17) is 29.3 Å². The van der Waals surface area contributed by atoms with Crippen LogP contribution in [0.3, 0.4) is 0 Å². The van der Waals surface area contributed by atoms with Gasteiger partial charge in [-0.05, 0) is 36.2 Å². The number of hydrogen-bond acceptors (Lipinski definition) is 5. The fourth-order valence-corrected chi connectivity index (χ4v) is 2.70. The third-order valence-corrected chi connectivity index (χ3v) is 4.50. The molecule has 0 saturated carbocycles. The summed E-state index contributed by atoms with van der Waals surface area (Å²) in [6.45, 7) is 7.79. The van der Waals surface area contributed by atoms with Gasteiger partial charge in [0.2, 0.25) is 0 Å². The van der Waals surface area contributed by atoms with Gasteiger partial charge in [0.15, 0.2) is 0 Å². The number of carboxylic acid groups (broad SMARTS) is 2. The Morgan fingerprint density at radius 1 is 0.867 bits per heavy atom. The predicted octanol–water partition coefficient (Wildman–Crippen LogP) is 3.17. The van der Waals surface area contributed by atoms with E-state index in [0.29, 0.717) is 6.61 Å². The summed E-state index contributed by atoms with van der Waals surface area (Å²) in [5, 5.41) is 18.1. The minimum atomic E-state index is -1.82. The first kappa shape index (κ1) is 25.1. The van der Waals surface area contributed by atoms with Crippen LogP contribution in [-0.2, 0) is 19.7 Å². The van der Waals surface area contributed by atoms with Crippen LogP contribution in [0, 0.1) is 0 Å². The standard InChI is InChI=1S/C21H29NO2.C2H2O4/c1-21(2,18-8-5-4-6-9-18)19-10-12-20(13-11-19)24-17-15-22-14-7-16-23-3;3-1(4)2(5)6/h4-6,8-13,22H,7,14-17H2,1-3H3;(H,3,4)(H,5,6). The van der Waals surface area contributed by atoms with Gasteiger partial charge in [0.05, 0.1) is 0 Å². The molecule has 0 saturated heterocycles. The fourth-order valence-electron chi connectivity index (χ4n) is 2.70. The van der Waals surface area contributed by atoms with Gasteiger partial charge in [0, 0.05) is 25.7 Å². The molecule has 7 heteroatoms. The largest absolute Gasteiger partial charge is 0.492 e. The first-order chi connectivity index (χ1) is 14.3. The second-order valence-electron chi connectivity index (χ2n) is 7.07. The normalized spacial score (nSPS) is 10.6. The Labute approximate surface area is 177 Å². The maximum atomic E-state index is 9.10. The second-order valence-corrected chi connectivity index (χ2v) is 7.07. The number of carboxylic acids is 2. The molecular formula is C23H31NO6. The van der Waals surface area contributed by atoms with Crippen LogP contribution in [0.25, 0.3) is 0 Å². The van der Waals surface area contributed by atoms with Gasteiger partial charge in [-0.15, -0.1) is 0 Å². The van der Waals surface area contributed by atoms with E-state index < -0.39 is 11.9 Å². The number of hydrogen-bond donors (Lipinski definition) is 3. The molecule has 2 rings (SSSR count). The van der Waals surface area contributed by atoms with Crippen LogP contribution in [0.5, 0.6) is 5.75 Å². The molecule has 0 aromatic heterocycles. The average molecular weight is 418 g/mol. The van der Waals surface area contributed by atoms with Gasteiger partial charge in [-0.3, -0.25) is 0 Å². The average Bonchev–Trinajstić information content (AvgIpc) is 2.74. The predicted molar refractivity (Wildman–Crippen MR) is 115 cm³/mol. The summed E-state index contributed by atoms with van der Waals surface area (Å²) >= 11 is 0. The minimum Gasteiger partial charge on any atom is -0.492 e. The van der Waals surface area contributed by atoms with Crippen LogP contribution in [0.1, 0.15) is 31.4 Å². The van der Waals surface area contributed by atoms with E-state index >= 15 is 0 Å². The Kier molecular flexibility index (Phi) is 11.2. The maximum absolute atomic E-state index is 9.10. The van der Waals surface area contributed by atoms with Crippen LogP contribution >= 0.6 is 0 Å². The molecule has 2 aromatic rings. The minimum absolute atomic E-state index is 0.0112. The summed E-state index contributed by atoms with van der Waals surface area (Å²) in [4.78, 5) is 18.2. The van der Waals surface area contributed by atoms with Crippen molar-refractivity contribution in [1.29, 1.82) is 0 Å². The zero-order chi connectivity index (χ0) is 22.4. The van der Waals surface area contributed by atoms with Crippen molar-refractivity contribution in [2.45, 2.75) is 25.7 Å². The highest BCUT2D eigenvalue weighted by atomic mass is 16.5. The zero-order valence-electron chi connectivity index (χ0n) is 17.8. The highest BCUT2D eigenvalue weighted by molar-refractivity contribution is 6.27. The van der Waals surface area contributed by atoms with Crippen molar-refractivity contribution in [3.05, 3.63) is 65.7 Å². The van der Waals surface area contributed by atoms with Crippen molar-refractivity contribution in [3.8, 4) is 5.75 Å². The molecule has 7 nitrogen and oxygen atoms in total. The summed E-state index contributed by atoms with van der Waals surface area (Å²) in [5.41, 5.74) is 2.60. The first-order valence-electron chi connectivity index (χ1n) is 9.73. The lowest BCUT2D eigenvalue weighted by atomic mass is 9.78. The molecule has 0 unspecified atom stereocenters. The second kappa shape index (κ2) is 13.3. The molecule has 0 aliphatic carbocycles. The van der Waals surface area contributed by atoms with Crippen LogP contribution in [0.15, 0.2) is 54.6 Å². The van der Waals surface area contributed by atoms with Crippen molar-refractivity contribution >= 4 is 11.9 Å². The lowest BCUT2D eigenvalue weighted by Crippen LogP contribution is -2.23. The Morgan fingerprint density at radius 2 is 1.43 bits per heavy atom. The molecule has 2 aromatic carbocycles. The van der Waals surface area contributed by atoms with Gasteiger partial charge in [0.25, 0.3) is 0 Å². The molecule has 0 fully saturated rings. The lowest BCUT2D eigenvalue weighted by molar-refractivity contribution is -0.159. The molecular weight excluding hydrogens is 386 g/mol. The van der Waals surface area contributed by atoms with Crippen LogP contribution in [-0.4, -0.2) is 55.6 Å². The third kappa shape index (κ3) is 9.07. The SMILES string of the molecule is COCCCNCCOc1ccc(C(C)(C)c2ccccc2)cc1.O=C(O)C(=O)O. The molecule has 0 atom stereocenters. The summed E-state index contributed by atoms with van der Waals surface area (Å²) < 4.78 is 10.8. The Bertz CT molecular complexity index is 747. The number of carbonyl (C=O) groups is 2. The van der Waals surface area contributed by atoms with Crippen molar-refractivity contribution < 1.29 is 29.3 Å². The molecule has 3 N–H and O–H groups in total. The number of ether oxygens (including phenoxy) is 2. The molecule has 0 radical (unpaired) electrons. The number of benzene rings is 2. The lowest BCUT2D eigenvalue weighted by Gasteiger charge is -2.26. The third-order valence-electron chi connectivity index (χ3n) is 4.50. The Morgan fingerprint density at radius 3 is 1.97 bits per heavy atom. The van der Waals surface area contributed by atoms with Crippen molar-refractivity contribution in [3.63, 3.8) is 0 Å². The molecule has 0 amide bonds. The summed E-state index contributed by atoms with van der Waals surface area (Å²) in [6, 6.07) is 19.0. The number of rotatable bonds is 10. The Hall–Kier alpha value is -2.90. The van der Waals surface area contributed by atoms with Gasteiger partial charge in [-0.1, -0.05) is 56.3 Å². The number of aliphatic carboxylic acids is 2.